The third kappa shape index (κ3) is 2.21. The SMILES string of the molecule is CC(C)NC(=O)C1(CN)CCCC1. The predicted octanol–water partition coefficient (Wildman–Crippen LogP) is 1.03. The molecule has 0 aromatic rings. The lowest BCUT2D eigenvalue weighted by Gasteiger charge is -2.26. The molecule has 3 N–H and O–H groups in total. The van der Waals surface area contributed by atoms with Crippen LogP contribution in [0.5, 0.6) is 0 Å². The summed E-state index contributed by atoms with van der Waals surface area (Å²) in [7, 11) is 0. The second-order valence-electron chi connectivity index (χ2n) is 4.32. The zero-order valence-corrected chi connectivity index (χ0v) is 8.60. The van der Waals surface area contributed by atoms with E-state index in [1.165, 1.54) is 0 Å². The van der Waals surface area contributed by atoms with Crippen LogP contribution >= 0.6 is 0 Å². The number of hydrogen-bond donors (Lipinski definition) is 2. The number of nitrogens with two attached hydrogens (primary N) is 1. The monoisotopic (exact) mass is 184 g/mol. The van der Waals surface area contributed by atoms with Gasteiger partial charge in [0.2, 0.25) is 5.91 Å². The molecule has 3 heteroatoms. The zero-order valence-electron chi connectivity index (χ0n) is 8.60. The normalized spacial score (nSPS) is 20.6. The van der Waals surface area contributed by atoms with E-state index in [0.717, 1.165) is 25.7 Å². The summed E-state index contributed by atoms with van der Waals surface area (Å²) < 4.78 is 0. The van der Waals surface area contributed by atoms with Crippen LogP contribution in [-0.4, -0.2) is 18.5 Å². The van der Waals surface area contributed by atoms with Crippen LogP contribution in [0, 0.1) is 5.41 Å². The summed E-state index contributed by atoms with van der Waals surface area (Å²) in [4.78, 5) is 11.8. The van der Waals surface area contributed by atoms with Crippen LogP contribution in [0.15, 0.2) is 0 Å². The summed E-state index contributed by atoms with van der Waals surface area (Å²) in [5.41, 5.74) is 5.44. The van der Waals surface area contributed by atoms with Crippen LogP contribution in [0.3, 0.4) is 0 Å². The van der Waals surface area contributed by atoms with Crippen LogP contribution in [0.1, 0.15) is 39.5 Å². The summed E-state index contributed by atoms with van der Waals surface area (Å²) in [5, 5.41) is 2.96. The highest BCUT2D eigenvalue weighted by atomic mass is 16.2. The molecule has 0 spiro atoms. The molecule has 3 nitrogen and oxygen atoms in total. The van der Waals surface area contributed by atoms with Crippen molar-refractivity contribution in [2.24, 2.45) is 11.1 Å². The highest BCUT2D eigenvalue weighted by Crippen LogP contribution is 2.37. The van der Waals surface area contributed by atoms with Gasteiger partial charge in [-0.2, -0.15) is 0 Å². The minimum Gasteiger partial charge on any atom is -0.353 e. The molecule has 1 fully saturated rings. The average molecular weight is 184 g/mol. The van der Waals surface area contributed by atoms with Crippen LogP contribution in [0.4, 0.5) is 0 Å². The summed E-state index contributed by atoms with van der Waals surface area (Å²) in [6, 6.07) is 0.219. The molecule has 13 heavy (non-hydrogen) atoms. The van der Waals surface area contributed by atoms with Gasteiger partial charge in [-0.1, -0.05) is 12.8 Å². The lowest BCUT2D eigenvalue weighted by Crippen LogP contribution is -2.46. The molecule has 0 aromatic carbocycles. The van der Waals surface area contributed by atoms with Crippen LogP contribution in [0.25, 0.3) is 0 Å². The van der Waals surface area contributed by atoms with Gasteiger partial charge in [-0.15, -0.1) is 0 Å². The molecule has 1 aliphatic rings. The van der Waals surface area contributed by atoms with Gasteiger partial charge in [-0.25, -0.2) is 0 Å². The van der Waals surface area contributed by atoms with Crippen molar-refractivity contribution in [3.05, 3.63) is 0 Å². The Hall–Kier alpha value is -0.570. The minimum atomic E-state index is -0.246. The van der Waals surface area contributed by atoms with Crippen LogP contribution in [0.2, 0.25) is 0 Å². The number of carbonyl (C=O) groups is 1. The van der Waals surface area contributed by atoms with E-state index in [-0.39, 0.29) is 17.4 Å². The first-order valence-corrected chi connectivity index (χ1v) is 5.12. The van der Waals surface area contributed by atoms with E-state index in [4.69, 9.17) is 5.73 Å². The Morgan fingerprint density at radius 1 is 1.46 bits per heavy atom. The summed E-state index contributed by atoms with van der Waals surface area (Å²) >= 11 is 0. The molecule has 76 valence electrons. The lowest BCUT2D eigenvalue weighted by molar-refractivity contribution is -0.130. The van der Waals surface area contributed by atoms with E-state index in [9.17, 15) is 4.79 Å². The summed E-state index contributed by atoms with van der Waals surface area (Å²) in [6.07, 6.45) is 4.20. The van der Waals surface area contributed by atoms with E-state index < -0.39 is 0 Å². The Balaban J connectivity index is 2.60. The molecule has 0 radical (unpaired) electrons. The Morgan fingerprint density at radius 2 is 2.00 bits per heavy atom. The van der Waals surface area contributed by atoms with Gasteiger partial charge in [0.25, 0.3) is 0 Å². The van der Waals surface area contributed by atoms with E-state index >= 15 is 0 Å². The molecule has 0 unspecified atom stereocenters. The summed E-state index contributed by atoms with van der Waals surface area (Å²) in [5.74, 6) is 0.155. The van der Waals surface area contributed by atoms with Crippen molar-refractivity contribution >= 4 is 5.91 Å². The van der Waals surface area contributed by atoms with Gasteiger partial charge in [0, 0.05) is 12.6 Å². The topological polar surface area (TPSA) is 55.1 Å². The van der Waals surface area contributed by atoms with Crippen LogP contribution in [-0.2, 0) is 4.79 Å². The molecule has 1 amide bonds. The van der Waals surface area contributed by atoms with Gasteiger partial charge in [0.1, 0.15) is 0 Å². The van der Waals surface area contributed by atoms with Crippen LogP contribution < -0.4 is 11.1 Å². The van der Waals surface area contributed by atoms with Crippen molar-refractivity contribution in [1.29, 1.82) is 0 Å². The number of nitrogens with one attached hydrogen (secondary N) is 1. The zero-order chi connectivity index (χ0) is 9.90. The van der Waals surface area contributed by atoms with Crippen molar-refractivity contribution in [1.82, 2.24) is 5.32 Å². The maximum Gasteiger partial charge on any atom is 0.227 e. The lowest BCUT2D eigenvalue weighted by atomic mass is 9.85. The van der Waals surface area contributed by atoms with Crippen molar-refractivity contribution in [2.45, 2.75) is 45.6 Å². The van der Waals surface area contributed by atoms with Gasteiger partial charge >= 0.3 is 0 Å². The average Bonchev–Trinajstić information content (AvgIpc) is 2.51. The third-order valence-corrected chi connectivity index (χ3v) is 2.85. The van der Waals surface area contributed by atoms with E-state index in [0.29, 0.717) is 6.54 Å². The Kier molecular flexibility index (Phi) is 3.31. The van der Waals surface area contributed by atoms with E-state index in [2.05, 4.69) is 5.32 Å². The number of amides is 1. The molecular weight excluding hydrogens is 164 g/mol. The second-order valence-corrected chi connectivity index (χ2v) is 4.32. The molecule has 1 aliphatic carbocycles. The first-order chi connectivity index (χ1) is 6.10. The van der Waals surface area contributed by atoms with Gasteiger partial charge < -0.3 is 11.1 Å². The standard InChI is InChI=1S/C10H20N2O/c1-8(2)12-9(13)10(7-11)5-3-4-6-10/h8H,3-7,11H2,1-2H3,(H,12,13). The highest BCUT2D eigenvalue weighted by molar-refractivity contribution is 5.83. The quantitative estimate of drug-likeness (QED) is 0.688. The number of hydrogen-bond acceptors (Lipinski definition) is 2. The molecule has 0 saturated heterocycles. The van der Waals surface area contributed by atoms with Gasteiger partial charge in [0.15, 0.2) is 0 Å². The molecule has 0 heterocycles. The first-order valence-electron chi connectivity index (χ1n) is 5.12. The van der Waals surface area contributed by atoms with Crippen molar-refractivity contribution in [2.75, 3.05) is 6.54 Å². The predicted molar refractivity (Wildman–Crippen MR) is 53.2 cm³/mol. The van der Waals surface area contributed by atoms with E-state index in [1.807, 2.05) is 13.8 Å². The van der Waals surface area contributed by atoms with E-state index in [1.54, 1.807) is 0 Å². The fourth-order valence-corrected chi connectivity index (χ4v) is 1.99. The summed E-state index contributed by atoms with van der Waals surface area (Å²) in [6.45, 7) is 4.46. The molecule has 0 atom stereocenters. The number of carbonyl (C=O) groups excluding carboxylic acids is 1. The first kappa shape index (κ1) is 10.5. The molecule has 0 aliphatic heterocycles. The van der Waals surface area contributed by atoms with Gasteiger partial charge in [-0.05, 0) is 26.7 Å². The van der Waals surface area contributed by atoms with Gasteiger partial charge in [-0.3, -0.25) is 4.79 Å². The molecule has 1 rings (SSSR count). The molecule has 1 saturated carbocycles. The number of rotatable bonds is 3. The molecule has 0 bridgehead atoms. The Bertz CT molecular complexity index is 183. The van der Waals surface area contributed by atoms with Gasteiger partial charge in [0.05, 0.1) is 5.41 Å². The fourth-order valence-electron chi connectivity index (χ4n) is 1.99. The Morgan fingerprint density at radius 3 is 2.38 bits per heavy atom. The largest absolute Gasteiger partial charge is 0.353 e. The van der Waals surface area contributed by atoms with Crippen molar-refractivity contribution in [3.63, 3.8) is 0 Å². The fraction of sp³-hybridized carbons (Fsp3) is 0.900. The second kappa shape index (κ2) is 4.09. The minimum absolute atomic E-state index is 0.155. The van der Waals surface area contributed by atoms with Crippen molar-refractivity contribution in [3.8, 4) is 0 Å². The van der Waals surface area contributed by atoms with Crippen molar-refractivity contribution < 1.29 is 4.79 Å². The highest BCUT2D eigenvalue weighted by Gasteiger charge is 2.39. The molecule has 0 aromatic heterocycles. The maximum absolute atomic E-state index is 11.8. The Labute approximate surface area is 80.1 Å². The maximum atomic E-state index is 11.8. The smallest absolute Gasteiger partial charge is 0.227 e. The molecular formula is C10H20N2O. The third-order valence-electron chi connectivity index (χ3n) is 2.85.